The molecule has 0 saturated heterocycles. The van der Waals surface area contributed by atoms with Crippen LogP contribution in [0.3, 0.4) is 0 Å². The van der Waals surface area contributed by atoms with E-state index in [1.165, 1.54) is 25.3 Å². The van der Waals surface area contributed by atoms with E-state index in [0.29, 0.717) is 5.92 Å². The maximum atomic E-state index is 12.7. The lowest BCUT2D eigenvalue weighted by molar-refractivity contribution is 0.0321. The summed E-state index contributed by atoms with van der Waals surface area (Å²) in [6.07, 6.45) is 16.2. The summed E-state index contributed by atoms with van der Waals surface area (Å²) >= 11 is 0. The molecule has 1 aliphatic rings. The molecule has 0 aromatic heterocycles. The van der Waals surface area contributed by atoms with E-state index in [-0.39, 0.29) is 12.1 Å². The fraction of sp³-hybridized carbons (Fsp3) is 0.520. The number of ether oxygens (including phenoxy) is 1. The van der Waals surface area contributed by atoms with Gasteiger partial charge in [0.1, 0.15) is 0 Å². The van der Waals surface area contributed by atoms with Gasteiger partial charge in [-0.2, -0.15) is 5.26 Å². The first-order chi connectivity index (χ1) is 13.7. The smallest absolute Gasteiger partial charge is 0.338 e. The fourth-order valence-corrected chi connectivity index (χ4v) is 4.12. The van der Waals surface area contributed by atoms with E-state index < -0.39 is 0 Å². The first kappa shape index (κ1) is 22.0. The van der Waals surface area contributed by atoms with Crippen LogP contribution in [0, 0.1) is 17.2 Å². The zero-order chi connectivity index (χ0) is 20.2. The van der Waals surface area contributed by atoms with Gasteiger partial charge in [-0.05, 0) is 75.3 Å². The highest BCUT2D eigenvalue weighted by molar-refractivity contribution is 5.91. The lowest BCUT2D eigenvalue weighted by atomic mass is 9.76. The van der Waals surface area contributed by atoms with Crippen LogP contribution in [0.25, 0.3) is 0 Å². The van der Waals surface area contributed by atoms with Crippen LogP contribution in [0.5, 0.6) is 0 Å². The minimum atomic E-state index is -0.172. The number of nitrogens with zero attached hydrogens (tertiary/aromatic N) is 1. The molecule has 3 nitrogen and oxygen atoms in total. The molecule has 1 atom stereocenters. The van der Waals surface area contributed by atoms with E-state index >= 15 is 0 Å². The number of carbonyl (C=O) groups is 1. The number of hydrogen-bond donors (Lipinski definition) is 0. The lowest BCUT2D eigenvalue weighted by Gasteiger charge is -2.29. The molecule has 28 heavy (non-hydrogen) atoms. The van der Waals surface area contributed by atoms with E-state index in [2.05, 4.69) is 19.1 Å². The first-order valence-corrected chi connectivity index (χ1v) is 10.7. The highest BCUT2D eigenvalue weighted by Gasteiger charge is 2.26. The molecule has 0 N–H and O–H groups in total. The third kappa shape index (κ3) is 7.00. The summed E-state index contributed by atoms with van der Waals surface area (Å²) in [5.74, 6) is 1.04. The molecule has 1 aromatic rings. The molecule has 150 valence electrons. The maximum absolute atomic E-state index is 12.7. The van der Waals surface area contributed by atoms with Gasteiger partial charge in [-0.1, -0.05) is 49.8 Å². The number of hydrogen-bond acceptors (Lipinski definition) is 3. The van der Waals surface area contributed by atoms with Crippen molar-refractivity contribution in [1.82, 2.24) is 0 Å². The molecule has 0 aliphatic heterocycles. The quantitative estimate of drug-likeness (QED) is 0.272. The van der Waals surface area contributed by atoms with Gasteiger partial charge in [0.05, 0.1) is 17.7 Å². The normalized spacial score (nSPS) is 20.9. The van der Waals surface area contributed by atoms with E-state index in [9.17, 15) is 4.79 Å². The largest absolute Gasteiger partial charge is 0.459 e. The summed E-state index contributed by atoms with van der Waals surface area (Å²) in [4.78, 5) is 12.7. The zero-order valence-electron chi connectivity index (χ0n) is 17.3. The molecule has 1 fully saturated rings. The van der Waals surface area contributed by atoms with Crippen molar-refractivity contribution in [1.29, 1.82) is 5.26 Å². The molecule has 0 radical (unpaired) electrons. The Morgan fingerprint density at radius 1 is 1.25 bits per heavy atom. The van der Waals surface area contributed by atoms with Gasteiger partial charge in [0.25, 0.3) is 0 Å². The molecule has 1 unspecified atom stereocenters. The van der Waals surface area contributed by atoms with E-state index in [4.69, 9.17) is 10.00 Å². The van der Waals surface area contributed by atoms with Gasteiger partial charge in [-0.25, -0.2) is 4.79 Å². The third-order valence-electron chi connectivity index (χ3n) is 5.63. The van der Waals surface area contributed by atoms with Gasteiger partial charge in [-0.3, -0.25) is 0 Å². The molecule has 0 heterocycles. The Morgan fingerprint density at radius 3 is 2.71 bits per heavy atom. The number of rotatable bonds is 9. The summed E-state index contributed by atoms with van der Waals surface area (Å²) in [5, 5.41) is 8.47. The monoisotopic (exact) mass is 379 g/mol. The molecule has 0 amide bonds. The molecular formula is C25H33NO2. The highest BCUT2D eigenvalue weighted by atomic mass is 16.5. The highest BCUT2D eigenvalue weighted by Crippen LogP contribution is 2.39. The SMILES string of the molecule is CCCC(C)OC(=O)c1ccccc1C1CCC(CC/C=C/C=CC#N)CC1. The van der Waals surface area contributed by atoms with Crippen LogP contribution < -0.4 is 0 Å². The van der Waals surface area contributed by atoms with Gasteiger partial charge < -0.3 is 4.74 Å². The van der Waals surface area contributed by atoms with Crippen molar-refractivity contribution < 1.29 is 9.53 Å². The predicted octanol–water partition coefficient (Wildman–Crippen LogP) is 6.72. The van der Waals surface area contributed by atoms with Crippen molar-refractivity contribution in [2.45, 2.75) is 77.2 Å². The van der Waals surface area contributed by atoms with E-state index in [1.807, 2.05) is 37.3 Å². The van der Waals surface area contributed by atoms with Gasteiger partial charge >= 0.3 is 5.97 Å². The Hall–Kier alpha value is -2.34. The van der Waals surface area contributed by atoms with Crippen LogP contribution in [-0.4, -0.2) is 12.1 Å². The Morgan fingerprint density at radius 2 is 2.00 bits per heavy atom. The van der Waals surface area contributed by atoms with Crippen LogP contribution in [0.15, 0.2) is 48.6 Å². The molecule has 1 aliphatic carbocycles. The van der Waals surface area contributed by atoms with Crippen molar-refractivity contribution >= 4 is 5.97 Å². The number of esters is 1. The average molecular weight is 380 g/mol. The number of carbonyl (C=O) groups excluding carboxylic acids is 1. The van der Waals surface area contributed by atoms with Crippen LogP contribution in [0.1, 0.15) is 87.1 Å². The van der Waals surface area contributed by atoms with Crippen molar-refractivity contribution in [2.75, 3.05) is 0 Å². The molecule has 0 spiro atoms. The second kappa shape index (κ2) is 12.2. The first-order valence-electron chi connectivity index (χ1n) is 10.7. The van der Waals surface area contributed by atoms with Crippen molar-refractivity contribution in [3.63, 3.8) is 0 Å². The second-order valence-electron chi connectivity index (χ2n) is 7.80. The molecule has 1 aromatic carbocycles. The Labute approximate surface area is 170 Å². The average Bonchev–Trinajstić information content (AvgIpc) is 2.71. The summed E-state index contributed by atoms with van der Waals surface area (Å²) < 4.78 is 5.65. The van der Waals surface area contributed by atoms with Crippen LogP contribution in [0.2, 0.25) is 0 Å². The minimum absolute atomic E-state index is 0.0302. The molecular weight excluding hydrogens is 346 g/mol. The third-order valence-corrected chi connectivity index (χ3v) is 5.63. The van der Waals surface area contributed by atoms with Gasteiger partial charge in [0.2, 0.25) is 0 Å². The van der Waals surface area contributed by atoms with Crippen LogP contribution in [0.4, 0.5) is 0 Å². The van der Waals surface area contributed by atoms with Crippen molar-refractivity contribution in [3.05, 3.63) is 59.7 Å². The second-order valence-corrected chi connectivity index (χ2v) is 7.80. The van der Waals surface area contributed by atoms with E-state index in [1.54, 1.807) is 6.08 Å². The topological polar surface area (TPSA) is 50.1 Å². The zero-order valence-corrected chi connectivity index (χ0v) is 17.3. The summed E-state index contributed by atoms with van der Waals surface area (Å²) in [5.41, 5.74) is 1.91. The molecule has 1 saturated carbocycles. The summed E-state index contributed by atoms with van der Waals surface area (Å²) in [6.45, 7) is 4.08. The maximum Gasteiger partial charge on any atom is 0.338 e. The van der Waals surface area contributed by atoms with Gasteiger partial charge in [0, 0.05) is 6.08 Å². The predicted molar refractivity (Wildman–Crippen MR) is 114 cm³/mol. The van der Waals surface area contributed by atoms with Crippen molar-refractivity contribution in [3.8, 4) is 6.07 Å². The standard InChI is InChI=1S/C25H33NO2/c1-3-11-20(2)28-25(27)24-14-9-8-13-23(24)22-17-15-21(16-18-22)12-7-5-4-6-10-19-26/h4-6,8-10,13-14,20-22H,3,7,11-12,15-18H2,1-2H3/b5-4+,10-6?. The summed E-state index contributed by atoms with van der Waals surface area (Å²) in [7, 11) is 0. The Balaban J connectivity index is 1.89. The summed E-state index contributed by atoms with van der Waals surface area (Å²) in [6, 6.07) is 9.99. The van der Waals surface area contributed by atoms with Crippen LogP contribution >= 0.6 is 0 Å². The van der Waals surface area contributed by atoms with Crippen LogP contribution in [-0.2, 0) is 4.74 Å². The van der Waals surface area contributed by atoms with Crippen molar-refractivity contribution in [2.24, 2.45) is 5.92 Å². The minimum Gasteiger partial charge on any atom is -0.459 e. The van der Waals surface area contributed by atoms with Gasteiger partial charge in [-0.15, -0.1) is 0 Å². The molecule has 2 rings (SSSR count). The molecule has 0 bridgehead atoms. The number of allylic oxidation sites excluding steroid dienone is 4. The number of benzene rings is 1. The Bertz CT molecular complexity index is 706. The number of nitriles is 1. The lowest BCUT2D eigenvalue weighted by Crippen LogP contribution is -2.19. The molecule has 3 heteroatoms. The van der Waals surface area contributed by atoms with Gasteiger partial charge in [0.15, 0.2) is 0 Å². The van der Waals surface area contributed by atoms with E-state index in [0.717, 1.165) is 49.1 Å². The fourth-order valence-electron chi connectivity index (χ4n) is 4.12. The Kier molecular flexibility index (Phi) is 9.55.